The third kappa shape index (κ3) is 3.65. The van der Waals surface area contributed by atoms with E-state index in [4.69, 9.17) is 5.11 Å². The number of hydrogen-bond donors (Lipinski definition) is 2. The summed E-state index contributed by atoms with van der Waals surface area (Å²) in [6, 6.07) is 6.56. The molecule has 0 saturated heterocycles. The van der Waals surface area contributed by atoms with Gasteiger partial charge in [-0.2, -0.15) is 0 Å². The lowest BCUT2D eigenvalue weighted by atomic mass is 9.88. The number of aliphatic hydroxyl groups excluding tert-OH is 1. The van der Waals surface area contributed by atoms with Crippen molar-refractivity contribution in [1.82, 2.24) is 4.72 Å². The summed E-state index contributed by atoms with van der Waals surface area (Å²) in [5.74, 6) is 5.20. The smallest absolute Gasteiger partial charge is 0.242 e. The summed E-state index contributed by atoms with van der Waals surface area (Å²) in [6.07, 6.45) is 2.91. The van der Waals surface area contributed by atoms with Crippen LogP contribution in [0.1, 0.15) is 38.7 Å². The molecule has 114 valence electrons. The van der Waals surface area contributed by atoms with E-state index in [0.717, 1.165) is 19.3 Å². The van der Waals surface area contributed by atoms with Gasteiger partial charge < -0.3 is 5.11 Å². The molecule has 1 unspecified atom stereocenters. The highest BCUT2D eigenvalue weighted by molar-refractivity contribution is 7.89. The largest absolute Gasteiger partial charge is 0.384 e. The van der Waals surface area contributed by atoms with Crippen LogP contribution in [0, 0.1) is 17.3 Å². The van der Waals surface area contributed by atoms with Crippen LogP contribution in [0.25, 0.3) is 0 Å². The Kier molecular flexibility index (Phi) is 4.72. The van der Waals surface area contributed by atoms with Crippen molar-refractivity contribution in [2.24, 2.45) is 5.41 Å². The van der Waals surface area contributed by atoms with E-state index in [1.165, 1.54) is 0 Å². The molecular formula is C16H21NO3S. The van der Waals surface area contributed by atoms with E-state index < -0.39 is 10.0 Å². The molecule has 21 heavy (non-hydrogen) atoms. The normalized spacial score (nSPS) is 20.8. The Balaban J connectivity index is 2.32. The first-order valence-electron chi connectivity index (χ1n) is 7.08. The first-order valence-corrected chi connectivity index (χ1v) is 8.56. The monoisotopic (exact) mass is 307 g/mol. The van der Waals surface area contributed by atoms with Crippen molar-refractivity contribution in [2.45, 2.75) is 44.0 Å². The average molecular weight is 307 g/mol. The summed E-state index contributed by atoms with van der Waals surface area (Å²) in [5, 5.41) is 8.78. The highest BCUT2D eigenvalue weighted by Crippen LogP contribution is 2.38. The molecule has 4 nitrogen and oxygen atoms in total. The third-order valence-corrected chi connectivity index (χ3v) is 5.56. The Labute approximate surface area is 126 Å². The first-order chi connectivity index (χ1) is 9.87. The highest BCUT2D eigenvalue weighted by Gasteiger charge is 2.37. The topological polar surface area (TPSA) is 66.4 Å². The Morgan fingerprint density at radius 2 is 2.10 bits per heavy atom. The number of nitrogens with one attached hydrogen (secondary N) is 1. The minimum Gasteiger partial charge on any atom is -0.384 e. The van der Waals surface area contributed by atoms with E-state index in [1.807, 2.05) is 0 Å². The molecular weight excluding hydrogens is 286 g/mol. The summed E-state index contributed by atoms with van der Waals surface area (Å²) in [5.41, 5.74) is 0.383. The lowest BCUT2D eigenvalue weighted by molar-refractivity contribution is 0.313. The van der Waals surface area contributed by atoms with E-state index in [2.05, 4.69) is 30.4 Å². The molecule has 2 rings (SSSR count). The SMILES string of the molecule is CC1(C)CCCC1NS(=O)(=O)c1ccccc1C#CCO. The summed E-state index contributed by atoms with van der Waals surface area (Å²) in [4.78, 5) is 0.175. The molecule has 0 aliphatic heterocycles. The van der Waals surface area contributed by atoms with Gasteiger partial charge in [0, 0.05) is 11.6 Å². The molecule has 0 heterocycles. The maximum absolute atomic E-state index is 12.6. The summed E-state index contributed by atoms with van der Waals surface area (Å²) in [6.45, 7) is 3.88. The molecule has 1 saturated carbocycles. The molecule has 1 aliphatic carbocycles. The van der Waals surface area contributed by atoms with Gasteiger partial charge >= 0.3 is 0 Å². The zero-order valence-electron chi connectivity index (χ0n) is 12.4. The van der Waals surface area contributed by atoms with Gasteiger partial charge in [-0.15, -0.1) is 0 Å². The zero-order chi connectivity index (χ0) is 15.5. The number of sulfonamides is 1. The number of benzene rings is 1. The highest BCUT2D eigenvalue weighted by atomic mass is 32.2. The van der Waals surface area contributed by atoms with Crippen LogP contribution < -0.4 is 4.72 Å². The van der Waals surface area contributed by atoms with E-state index >= 15 is 0 Å². The zero-order valence-corrected chi connectivity index (χ0v) is 13.2. The van der Waals surface area contributed by atoms with E-state index in [0.29, 0.717) is 5.56 Å². The Hall–Kier alpha value is -1.35. The molecule has 5 heteroatoms. The van der Waals surface area contributed by atoms with Crippen molar-refractivity contribution in [3.63, 3.8) is 0 Å². The molecule has 2 N–H and O–H groups in total. The summed E-state index contributed by atoms with van der Waals surface area (Å²) >= 11 is 0. The van der Waals surface area contributed by atoms with E-state index in [1.54, 1.807) is 24.3 Å². The fourth-order valence-electron chi connectivity index (χ4n) is 2.73. The van der Waals surface area contributed by atoms with Gasteiger partial charge in [0.25, 0.3) is 0 Å². The van der Waals surface area contributed by atoms with Crippen LogP contribution in [0.3, 0.4) is 0 Å². The maximum Gasteiger partial charge on any atom is 0.242 e. The van der Waals surface area contributed by atoms with E-state index in [9.17, 15) is 8.42 Å². The van der Waals surface area contributed by atoms with Crippen LogP contribution in [0.15, 0.2) is 29.2 Å². The molecule has 1 aliphatic rings. The summed E-state index contributed by atoms with van der Waals surface area (Å²) < 4.78 is 28.1. The van der Waals surface area contributed by atoms with Crippen molar-refractivity contribution >= 4 is 10.0 Å². The maximum atomic E-state index is 12.6. The standard InChI is InChI=1S/C16H21NO3S/c1-16(2)11-5-10-15(16)17-21(19,20)14-9-4-3-7-13(14)8-6-12-18/h3-4,7,9,15,17-18H,5,10-12H2,1-2H3. The molecule has 0 bridgehead atoms. The third-order valence-electron chi connectivity index (χ3n) is 4.03. The summed E-state index contributed by atoms with van der Waals surface area (Å²) in [7, 11) is -3.61. The molecule has 0 aromatic heterocycles. The van der Waals surface area contributed by atoms with E-state index in [-0.39, 0.29) is 23.0 Å². The Morgan fingerprint density at radius 3 is 2.71 bits per heavy atom. The van der Waals surface area contributed by atoms with Crippen LogP contribution >= 0.6 is 0 Å². The van der Waals surface area contributed by atoms with Crippen LogP contribution in [-0.2, 0) is 10.0 Å². The molecule has 0 radical (unpaired) electrons. The number of rotatable bonds is 3. The quantitative estimate of drug-likeness (QED) is 0.838. The molecule has 1 fully saturated rings. The minimum atomic E-state index is -3.61. The van der Waals surface area contributed by atoms with Crippen molar-refractivity contribution in [1.29, 1.82) is 0 Å². The average Bonchev–Trinajstić information content (AvgIpc) is 2.75. The number of aliphatic hydroxyl groups is 1. The van der Waals surface area contributed by atoms with Gasteiger partial charge in [-0.05, 0) is 30.4 Å². The molecule has 0 spiro atoms. The first kappa shape index (κ1) is 16.0. The van der Waals surface area contributed by atoms with Crippen molar-refractivity contribution in [2.75, 3.05) is 6.61 Å². The van der Waals surface area contributed by atoms with Gasteiger partial charge in [-0.25, -0.2) is 13.1 Å². The second kappa shape index (κ2) is 6.18. The lowest BCUT2D eigenvalue weighted by Gasteiger charge is -2.27. The Bertz CT molecular complexity index is 668. The predicted octanol–water partition coefficient (Wildman–Crippen LogP) is 1.89. The van der Waals surface area contributed by atoms with Crippen LogP contribution in [0.4, 0.5) is 0 Å². The fraction of sp³-hybridized carbons (Fsp3) is 0.500. The van der Waals surface area contributed by atoms with Gasteiger partial charge in [0.2, 0.25) is 10.0 Å². The van der Waals surface area contributed by atoms with Gasteiger partial charge in [-0.3, -0.25) is 0 Å². The predicted molar refractivity (Wildman–Crippen MR) is 82.1 cm³/mol. The van der Waals surface area contributed by atoms with Crippen molar-refractivity contribution in [3.8, 4) is 11.8 Å². The molecule has 1 atom stereocenters. The van der Waals surface area contributed by atoms with Crippen molar-refractivity contribution < 1.29 is 13.5 Å². The van der Waals surface area contributed by atoms with Crippen molar-refractivity contribution in [3.05, 3.63) is 29.8 Å². The van der Waals surface area contributed by atoms with Crippen LogP contribution in [0.2, 0.25) is 0 Å². The molecule has 1 aromatic carbocycles. The Morgan fingerprint density at radius 1 is 1.38 bits per heavy atom. The van der Waals surface area contributed by atoms with Gasteiger partial charge in [0.05, 0.1) is 4.90 Å². The van der Waals surface area contributed by atoms with Crippen LogP contribution in [0.5, 0.6) is 0 Å². The lowest BCUT2D eigenvalue weighted by Crippen LogP contribution is -2.41. The van der Waals surface area contributed by atoms with Gasteiger partial charge in [-0.1, -0.05) is 44.2 Å². The molecule has 0 amide bonds. The molecule has 1 aromatic rings. The second-order valence-corrected chi connectivity index (χ2v) is 7.69. The minimum absolute atomic E-state index is 0.0290. The van der Waals surface area contributed by atoms with Gasteiger partial charge in [0.15, 0.2) is 0 Å². The second-order valence-electron chi connectivity index (χ2n) is 6.01. The van der Waals surface area contributed by atoms with Gasteiger partial charge in [0.1, 0.15) is 6.61 Å². The fourth-order valence-corrected chi connectivity index (χ4v) is 4.34. The number of hydrogen-bond acceptors (Lipinski definition) is 3. The van der Waals surface area contributed by atoms with Crippen LogP contribution in [-0.4, -0.2) is 26.2 Å².